The molecular formula is C12H15ClO2. The molecule has 0 aliphatic carbocycles. The maximum atomic E-state index is 10.3. The molecule has 0 unspecified atom stereocenters. The maximum absolute atomic E-state index is 10.3. The van der Waals surface area contributed by atoms with Crippen LogP contribution in [-0.4, -0.2) is 11.4 Å². The lowest BCUT2D eigenvalue weighted by Crippen LogP contribution is -1.93. The molecule has 0 heterocycles. The number of aromatic hydroxyl groups is 1. The Balaban J connectivity index is 3.07. The zero-order valence-electron chi connectivity index (χ0n) is 8.96. The van der Waals surface area contributed by atoms with Gasteiger partial charge >= 0.3 is 0 Å². The van der Waals surface area contributed by atoms with Crippen LogP contribution in [0.3, 0.4) is 0 Å². The molecular weight excluding hydrogens is 212 g/mol. The molecule has 2 nitrogen and oxygen atoms in total. The van der Waals surface area contributed by atoms with Crippen molar-refractivity contribution in [2.24, 2.45) is 0 Å². The zero-order valence-corrected chi connectivity index (χ0v) is 9.71. The average molecular weight is 227 g/mol. The second-order valence-corrected chi connectivity index (χ2v) is 4.28. The van der Waals surface area contributed by atoms with Gasteiger partial charge in [0.1, 0.15) is 12.0 Å². The fraction of sp³-hybridized carbons (Fsp3) is 0.417. The maximum Gasteiger partial charge on any atom is 0.137 e. The number of carbonyl (C=O) groups excluding carboxylic acids is 1. The van der Waals surface area contributed by atoms with Crippen LogP contribution in [-0.2, 0) is 11.2 Å². The Kier molecular flexibility index (Phi) is 4.15. The van der Waals surface area contributed by atoms with Crippen molar-refractivity contribution >= 4 is 17.9 Å². The minimum absolute atomic E-state index is 0.0999. The normalized spacial score (nSPS) is 10.7. The summed E-state index contributed by atoms with van der Waals surface area (Å²) in [6.07, 6.45) is 1.79. The molecule has 1 rings (SSSR count). The quantitative estimate of drug-likeness (QED) is 0.800. The molecule has 3 heteroatoms. The van der Waals surface area contributed by atoms with Crippen LogP contribution in [0.5, 0.6) is 5.75 Å². The Hall–Kier alpha value is -1.02. The van der Waals surface area contributed by atoms with Gasteiger partial charge in [0.15, 0.2) is 0 Å². The molecule has 82 valence electrons. The van der Waals surface area contributed by atoms with Gasteiger partial charge in [-0.15, -0.1) is 0 Å². The first-order valence-electron chi connectivity index (χ1n) is 5.01. The fourth-order valence-corrected chi connectivity index (χ4v) is 1.66. The number of carbonyl (C=O) groups is 1. The molecule has 1 aromatic rings. The standard InChI is InChI=1S/C12H15ClO2/c1-8(2)10-6-9(4-3-5-14)12(15)11(13)7-10/h5-8,15H,3-4H2,1-2H3. The molecule has 0 aromatic heterocycles. The first-order chi connectivity index (χ1) is 7.06. The van der Waals surface area contributed by atoms with Crippen LogP contribution in [0.15, 0.2) is 12.1 Å². The van der Waals surface area contributed by atoms with Crippen LogP contribution in [0.4, 0.5) is 0 Å². The highest BCUT2D eigenvalue weighted by Crippen LogP contribution is 2.32. The van der Waals surface area contributed by atoms with Gasteiger partial charge in [-0.1, -0.05) is 31.5 Å². The van der Waals surface area contributed by atoms with E-state index in [4.69, 9.17) is 11.6 Å². The van der Waals surface area contributed by atoms with Crippen LogP contribution < -0.4 is 0 Å². The van der Waals surface area contributed by atoms with Gasteiger partial charge in [-0.05, 0) is 29.5 Å². The van der Waals surface area contributed by atoms with E-state index in [0.29, 0.717) is 23.8 Å². The molecule has 15 heavy (non-hydrogen) atoms. The van der Waals surface area contributed by atoms with Crippen LogP contribution in [0.25, 0.3) is 0 Å². The SMILES string of the molecule is CC(C)c1cc(Cl)c(O)c(CCC=O)c1. The van der Waals surface area contributed by atoms with Gasteiger partial charge in [-0.3, -0.25) is 0 Å². The topological polar surface area (TPSA) is 37.3 Å². The Morgan fingerprint density at radius 3 is 2.67 bits per heavy atom. The van der Waals surface area contributed by atoms with Crippen molar-refractivity contribution in [2.45, 2.75) is 32.6 Å². The lowest BCUT2D eigenvalue weighted by Gasteiger charge is -2.11. The Morgan fingerprint density at radius 1 is 1.47 bits per heavy atom. The molecule has 0 aliphatic rings. The van der Waals surface area contributed by atoms with Crippen LogP contribution >= 0.6 is 11.6 Å². The Morgan fingerprint density at radius 2 is 2.13 bits per heavy atom. The molecule has 0 fully saturated rings. The molecule has 0 atom stereocenters. The van der Waals surface area contributed by atoms with Crippen molar-refractivity contribution in [1.82, 2.24) is 0 Å². The van der Waals surface area contributed by atoms with Crippen LogP contribution in [0.1, 0.15) is 37.3 Å². The molecule has 0 bridgehead atoms. The first kappa shape index (κ1) is 12.1. The molecule has 0 saturated carbocycles. The van der Waals surface area contributed by atoms with E-state index in [1.54, 1.807) is 6.07 Å². The van der Waals surface area contributed by atoms with E-state index in [0.717, 1.165) is 17.4 Å². The predicted molar refractivity (Wildman–Crippen MR) is 61.6 cm³/mol. The summed E-state index contributed by atoms with van der Waals surface area (Å²) >= 11 is 5.90. The van der Waals surface area contributed by atoms with Crippen molar-refractivity contribution in [3.63, 3.8) is 0 Å². The highest BCUT2D eigenvalue weighted by Gasteiger charge is 2.10. The van der Waals surface area contributed by atoms with Gasteiger partial charge in [0.05, 0.1) is 5.02 Å². The molecule has 1 N–H and O–H groups in total. The van der Waals surface area contributed by atoms with Gasteiger partial charge in [0.2, 0.25) is 0 Å². The second-order valence-electron chi connectivity index (χ2n) is 3.87. The van der Waals surface area contributed by atoms with Gasteiger partial charge < -0.3 is 9.90 Å². The predicted octanol–water partition coefficient (Wildman–Crippen LogP) is 3.30. The Labute approximate surface area is 94.9 Å². The highest BCUT2D eigenvalue weighted by atomic mass is 35.5. The summed E-state index contributed by atoms with van der Waals surface area (Å²) < 4.78 is 0. The van der Waals surface area contributed by atoms with Crippen LogP contribution in [0, 0.1) is 0 Å². The molecule has 0 aliphatic heterocycles. The largest absolute Gasteiger partial charge is 0.506 e. The van der Waals surface area contributed by atoms with E-state index in [1.807, 2.05) is 6.07 Å². The molecule has 0 radical (unpaired) electrons. The van der Waals surface area contributed by atoms with E-state index in [1.165, 1.54) is 0 Å². The fourth-order valence-electron chi connectivity index (χ4n) is 1.42. The third-order valence-corrected chi connectivity index (χ3v) is 2.65. The van der Waals surface area contributed by atoms with Crippen LogP contribution in [0.2, 0.25) is 5.02 Å². The number of phenolic OH excluding ortho intramolecular Hbond substituents is 1. The van der Waals surface area contributed by atoms with Crippen molar-refractivity contribution < 1.29 is 9.90 Å². The third-order valence-electron chi connectivity index (χ3n) is 2.36. The van der Waals surface area contributed by atoms with Gasteiger partial charge in [0, 0.05) is 6.42 Å². The van der Waals surface area contributed by atoms with E-state index in [9.17, 15) is 9.90 Å². The zero-order chi connectivity index (χ0) is 11.4. The van der Waals surface area contributed by atoms with E-state index >= 15 is 0 Å². The molecule has 0 saturated heterocycles. The number of aryl methyl sites for hydroxylation is 1. The summed E-state index contributed by atoms with van der Waals surface area (Å²) in [5.41, 5.74) is 1.83. The summed E-state index contributed by atoms with van der Waals surface area (Å²) in [6.45, 7) is 4.12. The number of halogens is 1. The van der Waals surface area contributed by atoms with Crippen molar-refractivity contribution in [2.75, 3.05) is 0 Å². The van der Waals surface area contributed by atoms with E-state index < -0.39 is 0 Å². The monoisotopic (exact) mass is 226 g/mol. The molecule has 1 aromatic carbocycles. The summed E-state index contributed by atoms with van der Waals surface area (Å²) in [5.74, 6) is 0.459. The van der Waals surface area contributed by atoms with Crippen molar-refractivity contribution in [3.05, 3.63) is 28.3 Å². The molecule has 0 spiro atoms. The lowest BCUT2D eigenvalue weighted by molar-refractivity contribution is -0.107. The minimum Gasteiger partial charge on any atom is -0.506 e. The van der Waals surface area contributed by atoms with Gasteiger partial charge in [-0.2, -0.15) is 0 Å². The molecule has 0 amide bonds. The first-order valence-corrected chi connectivity index (χ1v) is 5.39. The number of phenols is 1. The smallest absolute Gasteiger partial charge is 0.137 e. The lowest BCUT2D eigenvalue weighted by atomic mass is 9.98. The number of hydrogen-bond acceptors (Lipinski definition) is 2. The number of hydrogen-bond donors (Lipinski definition) is 1. The third kappa shape index (κ3) is 2.96. The summed E-state index contributed by atoms with van der Waals surface area (Å²) in [7, 11) is 0. The highest BCUT2D eigenvalue weighted by molar-refractivity contribution is 6.32. The van der Waals surface area contributed by atoms with Crippen molar-refractivity contribution in [3.8, 4) is 5.75 Å². The number of rotatable bonds is 4. The summed E-state index contributed by atoms with van der Waals surface area (Å²) in [5, 5.41) is 10.0. The van der Waals surface area contributed by atoms with E-state index in [2.05, 4.69) is 13.8 Å². The van der Waals surface area contributed by atoms with Gasteiger partial charge in [0.25, 0.3) is 0 Å². The summed E-state index contributed by atoms with van der Waals surface area (Å²) in [4.78, 5) is 10.3. The Bertz CT molecular complexity index is 359. The number of benzene rings is 1. The van der Waals surface area contributed by atoms with E-state index in [-0.39, 0.29) is 5.75 Å². The van der Waals surface area contributed by atoms with Gasteiger partial charge in [-0.25, -0.2) is 0 Å². The minimum atomic E-state index is 0.0999. The number of aldehydes is 1. The summed E-state index contributed by atoms with van der Waals surface area (Å²) in [6, 6.07) is 3.68. The second kappa shape index (κ2) is 5.17. The average Bonchev–Trinajstić information content (AvgIpc) is 2.19. The van der Waals surface area contributed by atoms with Crippen molar-refractivity contribution in [1.29, 1.82) is 0 Å².